The summed E-state index contributed by atoms with van der Waals surface area (Å²) in [5, 5.41) is 9.77. The van der Waals surface area contributed by atoms with Crippen LogP contribution in [0.1, 0.15) is 53.4 Å². The molecule has 0 radical (unpaired) electrons. The van der Waals surface area contributed by atoms with Crippen molar-refractivity contribution in [2.75, 3.05) is 0 Å². The van der Waals surface area contributed by atoms with Crippen molar-refractivity contribution in [2.45, 2.75) is 59.5 Å². The maximum atomic E-state index is 9.77. The predicted molar refractivity (Wildman–Crippen MR) is 49.6 cm³/mol. The maximum absolute atomic E-state index is 9.77. The molecule has 1 unspecified atom stereocenters. The highest BCUT2D eigenvalue weighted by atomic mass is 16.3. The van der Waals surface area contributed by atoms with E-state index < -0.39 is 0 Å². The van der Waals surface area contributed by atoms with Gasteiger partial charge < -0.3 is 5.11 Å². The number of aliphatic hydroxyl groups excluding tert-OH is 1. The minimum atomic E-state index is -0.109. The molecule has 68 valence electrons. The molecule has 0 aromatic rings. The molecule has 0 bridgehead atoms. The van der Waals surface area contributed by atoms with Crippen LogP contribution in [0.3, 0.4) is 0 Å². The van der Waals surface area contributed by atoms with Gasteiger partial charge in [-0.2, -0.15) is 0 Å². The number of aliphatic hydroxyl groups is 1. The van der Waals surface area contributed by atoms with Crippen LogP contribution in [0.4, 0.5) is 0 Å². The highest BCUT2D eigenvalue weighted by molar-refractivity contribution is 4.79. The SMILES string of the molecule is CCCC(O)C(C)(CC)CC. The number of hydrogen-bond acceptors (Lipinski definition) is 1. The highest BCUT2D eigenvalue weighted by Gasteiger charge is 2.27. The average Bonchev–Trinajstić information content (AvgIpc) is 2.03. The zero-order valence-corrected chi connectivity index (χ0v) is 8.35. The Bertz CT molecular complexity index is 95.0. The van der Waals surface area contributed by atoms with Gasteiger partial charge in [-0.1, -0.05) is 34.1 Å². The zero-order valence-electron chi connectivity index (χ0n) is 8.35. The molecule has 0 saturated carbocycles. The summed E-state index contributed by atoms with van der Waals surface area (Å²) in [6.45, 7) is 8.60. The first-order valence-corrected chi connectivity index (χ1v) is 4.78. The van der Waals surface area contributed by atoms with Gasteiger partial charge in [0.05, 0.1) is 6.10 Å². The third-order valence-electron chi connectivity index (χ3n) is 2.98. The summed E-state index contributed by atoms with van der Waals surface area (Å²) in [7, 11) is 0. The molecule has 0 spiro atoms. The Balaban J connectivity index is 4.00. The average molecular weight is 158 g/mol. The lowest BCUT2D eigenvalue weighted by molar-refractivity contribution is 0.0242. The fourth-order valence-electron chi connectivity index (χ4n) is 1.34. The Morgan fingerprint density at radius 1 is 1.18 bits per heavy atom. The van der Waals surface area contributed by atoms with E-state index in [1.165, 1.54) is 0 Å². The standard InChI is InChI=1S/C10H22O/c1-5-8-9(11)10(4,6-2)7-3/h9,11H,5-8H2,1-4H3. The summed E-state index contributed by atoms with van der Waals surface area (Å²) in [6.07, 6.45) is 4.06. The van der Waals surface area contributed by atoms with E-state index in [0.29, 0.717) is 0 Å². The van der Waals surface area contributed by atoms with Gasteiger partial charge in [-0.3, -0.25) is 0 Å². The van der Waals surface area contributed by atoms with E-state index in [1.807, 2.05) is 0 Å². The molecule has 0 aromatic carbocycles. The second kappa shape index (κ2) is 4.76. The molecule has 0 aliphatic carbocycles. The summed E-state index contributed by atoms with van der Waals surface area (Å²) in [6, 6.07) is 0. The molecule has 0 aliphatic heterocycles. The van der Waals surface area contributed by atoms with Crippen molar-refractivity contribution in [2.24, 2.45) is 5.41 Å². The molecule has 0 fully saturated rings. The Kier molecular flexibility index (Phi) is 4.74. The number of hydrogen-bond donors (Lipinski definition) is 1. The van der Waals surface area contributed by atoms with E-state index in [9.17, 15) is 5.11 Å². The highest BCUT2D eigenvalue weighted by Crippen LogP contribution is 2.31. The van der Waals surface area contributed by atoms with Gasteiger partial charge in [0, 0.05) is 0 Å². The fourth-order valence-corrected chi connectivity index (χ4v) is 1.34. The maximum Gasteiger partial charge on any atom is 0.0593 e. The Morgan fingerprint density at radius 2 is 1.64 bits per heavy atom. The Morgan fingerprint density at radius 3 is 1.91 bits per heavy atom. The van der Waals surface area contributed by atoms with Crippen LogP contribution in [-0.4, -0.2) is 11.2 Å². The molecule has 0 aromatic heterocycles. The van der Waals surface area contributed by atoms with E-state index in [-0.39, 0.29) is 11.5 Å². The van der Waals surface area contributed by atoms with Crippen molar-refractivity contribution < 1.29 is 5.11 Å². The van der Waals surface area contributed by atoms with Crippen LogP contribution in [0.25, 0.3) is 0 Å². The minimum Gasteiger partial charge on any atom is -0.393 e. The molecule has 1 heteroatoms. The molecule has 11 heavy (non-hydrogen) atoms. The molecule has 0 rings (SSSR count). The quantitative estimate of drug-likeness (QED) is 0.652. The molecule has 0 heterocycles. The molecule has 0 amide bonds. The van der Waals surface area contributed by atoms with Crippen molar-refractivity contribution in [3.63, 3.8) is 0 Å². The van der Waals surface area contributed by atoms with Crippen molar-refractivity contribution >= 4 is 0 Å². The van der Waals surface area contributed by atoms with E-state index in [2.05, 4.69) is 27.7 Å². The molecule has 0 saturated heterocycles. The van der Waals surface area contributed by atoms with E-state index in [4.69, 9.17) is 0 Å². The summed E-state index contributed by atoms with van der Waals surface area (Å²) < 4.78 is 0. The molecular formula is C10H22O. The number of rotatable bonds is 5. The van der Waals surface area contributed by atoms with Gasteiger partial charge in [0.2, 0.25) is 0 Å². The van der Waals surface area contributed by atoms with Crippen LogP contribution in [0, 0.1) is 5.41 Å². The first kappa shape index (κ1) is 11.0. The van der Waals surface area contributed by atoms with Crippen molar-refractivity contribution in [3.8, 4) is 0 Å². The lowest BCUT2D eigenvalue weighted by atomic mass is 9.77. The molecule has 0 aliphatic rings. The van der Waals surface area contributed by atoms with E-state index in [1.54, 1.807) is 0 Å². The smallest absolute Gasteiger partial charge is 0.0593 e. The Labute approximate surface area is 70.8 Å². The van der Waals surface area contributed by atoms with Gasteiger partial charge in [0.25, 0.3) is 0 Å². The molecule has 1 nitrogen and oxygen atoms in total. The van der Waals surface area contributed by atoms with Gasteiger partial charge >= 0.3 is 0 Å². The first-order valence-electron chi connectivity index (χ1n) is 4.78. The first-order chi connectivity index (χ1) is 5.10. The molecule has 1 atom stereocenters. The lowest BCUT2D eigenvalue weighted by Gasteiger charge is -2.32. The second-order valence-corrected chi connectivity index (χ2v) is 3.67. The van der Waals surface area contributed by atoms with Crippen LogP contribution in [0.15, 0.2) is 0 Å². The van der Waals surface area contributed by atoms with Crippen LogP contribution in [-0.2, 0) is 0 Å². The van der Waals surface area contributed by atoms with Crippen molar-refractivity contribution in [1.82, 2.24) is 0 Å². The third kappa shape index (κ3) is 2.82. The minimum absolute atomic E-state index is 0.109. The van der Waals surface area contributed by atoms with Gasteiger partial charge in [0.1, 0.15) is 0 Å². The third-order valence-corrected chi connectivity index (χ3v) is 2.98. The van der Waals surface area contributed by atoms with Crippen LogP contribution >= 0.6 is 0 Å². The summed E-state index contributed by atoms with van der Waals surface area (Å²) in [5.74, 6) is 0. The summed E-state index contributed by atoms with van der Waals surface area (Å²) >= 11 is 0. The second-order valence-electron chi connectivity index (χ2n) is 3.67. The van der Waals surface area contributed by atoms with Gasteiger partial charge in [0.15, 0.2) is 0 Å². The molecule has 1 N–H and O–H groups in total. The van der Waals surface area contributed by atoms with Crippen LogP contribution in [0.2, 0.25) is 0 Å². The molecular weight excluding hydrogens is 136 g/mol. The van der Waals surface area contributed by atoms with Gasteiger partial charge in [-0.25, -0.2) is 0 Å². The van der Waals surface area contributed by atoms with Crippen LogP contribution in [0.5, 0.6) is 0 Å². The van der Waals surface area contributed by atoms with Crippen LogP contribution < -0.4 is 0 Å². The topological polar surface area (TPSA) is 20.2 Å². The van der Waals surface area contributed by atoms with Gasteiger partial charge in [-0.05, 0) is 24.7 Å². The lowest BCUT2D eigenvalue weighted by Crippen LogP contribution is -2.30. The van der Waals surface area contributed by atoms with Gasteiger partial charge in [-0.15, -0.1) is 0 Å². The summed E-state index contributed by atoms with van der Waals surface area (Å²) in [4.78, 5) is 0. The van der Waals surface area contributed by atoms with E-state index in [0.717, 1.165) is 25.7 Å². The normalized spacial score (nSPS) is 15.0. The summed E-state index contributed by atoms with van der Waals surface area (Å²) in [5.41, 5.74) is 0.149. The predicted octanol–water partition coefficient (Wildman–Crippen LogP) is 2.97. The largest absolute Gasteiger partial charge is 0.393 e. The van der Waals surface area contributed by atoms with E-state index >= 15 is 0 Å². The van der Waals surface area contributed by atoms with Crippen molar-refractivity contribution in [3.05, 3.63) is 0 Å². The van der Waals surface area contributed by atoms with Crippen molar-refractivity contribution in [1.29, 1.82) is 0 Å². The zero-order chi connectivity index (χ0) is 8.91. The fraction of sp³-hybridized carbons (Fsp3) is 1.00. The monoisotopic (exact) mass is 158 g/mol. The Hall–Kier alpha value is -0.0400.